The van der Waals surface area contributed by atoms with Crippen LogP contribution in [0.2, 0.25) is 0 Å². The van der Waals surface area contributed by atoms with Crippen molar-refractivity contribution in [1.82, 2.24) is 0 Å². The zero-order chi connectivity index (χ0) is 10.7. The number of nitrogens with two attached hydrogens (primary N) is 1. The molecule has 0 aliphatic rings. The molecule has 6 nitrogen and oxygen atoms in total. The topological polar surface area (TPSA) is 110 Å². The van der Waals surface area contributed by atoms with Crippen LogP contribution >= 0.6 is 0 Å². The van der Waals surface area contributed by atoms with Gasteiger partial charge in [-0.05, 0) is 0 Å². The van der Waals surface area contributed by atoms with Crippen molar-refractivity contribution in [3.8, 4) is 5.75 Å². The van der Waals surface area contributed by atoms with Gasteiger partial charge in [-0.15, -0.1) is 0 Å². The number of non-ortho nitro benzene ring substituents is 1. The lowest BCUT2D eigenvalue weighted by Crippen LogP contribution is -2.00. The van der Waals surface area contributed by atoms with E-state index in [-0.39, 0.29) is 30.2 Å². The lowest BCUT2D eigenvalue weighted by molar-refractivity contribution is -0.384. The van der Waals surface area contributed by atoms with Gasteiger partial charge in [0.05, 0.1) is 11.0 Å². The van der Waals surface area contributed by atoms with Crippen LogP contribution in [-0.2, 0) is 6.42 Å². The summed E-state index contributed by atoms with van der Waals surface area (Å²) in [6, 6.07) is 2.17. The molecule has 6 heteroatoms. The lowest BCUT2D eigenvalue weighted by Gasteiger charge is -2.05. The molecule has 76 valence electrons. The smallest absolute Gasteiger partial charge is 0.275 e. The van der Waals surface area contributed by atoms with Gasteiger partial charge >= 0.3 is 0 Å². The van der Waals surface area contributed by atoms with Crippen molar-refractivity contribution in [2.24, 2.45) is 0 Å². The number of nitrogens with zero attached hydrogens (tertiary/aromatic N) is 1. The van der Waals surface area contributed by atoms with Crippen LogP contribution in [0.1, 0.15) is 5.56 Å². The van der Waals surface area contributed by atoms with E-state index in [1.165, 1.54) is 0 Å². The molecule has 0 saturated carbocycles. The first-order chi connectivity index (χ1) is 6.56. The first kappa shape index (κ1) is 10.3. The molecule has 0 heterocycles. The van der Waals surface area contributed by atoms with Gasteiger partial charge in [0.2, 0.25) is 0 Å². The van der Waals surface area contributed by atoms with E-state index in [2.05, 4.69) is 0 Å². The van der Waals surface area contributed by atoms with Gasteiger partial charge in [-0.2, -0.15) is 0 Å². The summed E-state index contributed by atoms with van der Waals surface area (Å²) in [6.45, 7) is -0.171. The highest BCUT2D eigenvalue weighted by Crippen LogP contribution is 2.29. The number of phenolic OH excluding ortho intramolecular Hbond substituents is 1. The molecular weight excluding hydrogens is 188 g/mol. The maximum Gasteiger partial charge on any atom is 0.275 e. The molecule has 4 N–H and O–H groups in total. The number of benzene rings is 1. The number of nitro groups is 1. The maximum absolute atomic E-state index is 10.4. The predicted molar refractivity (Wildman–Crippen MR) is 50.0 cm³/mol. The minimum atomic E-state index is -0.640. The summed E-state index contributed by atoms with van der Waals surface area (Å²) in [4.78, 5) is 9.72. The number of aromatic hydroxyl groups is 1. The van der Waals surface area contributed by atoms with Gasteiger partial charge in [-0.3, -0.25) is 10.1 Å². The Kier molecular flexibility index (Phi) is 2.88. The van der Waals surface area contributed by atoms with Crippen molar-refractivity contribution >= 4 is 11.4 Å². The third kappa shape index (κ3) is 1.91. The zero-order valence-corrected chi connectivity index (χ0v) is 7.30. The van der Waals surface area contributed by atoms with Crippen molar-refractivity contribution in [2.45, 2.75) is 6.42 Å². The van der Waals surface area contributed by atoms with E-state index >= 15 is 0 Å². The molecule has 14 heavy (non-hydrogen) atoms. The molecule has 1 rings (SSSR count). The highest BCUT2D eigenvalue weighted by molar-refractivity contribution is 5.60. The van der Waals surface area contributed by atoms with Crippen molar-refractivity contribution in [3.63, 3.8) is 0 Å². The van der Waals surface area contributed by atoms with E-state index in [9.17, 15) is 15.2 Å². The first-order valence-corrected chi connectivity index (χ1v) is 3.93. The third-order valence-electron chi connectivity index (χ3n) is 1.82. The number of rotatable bonds is 3. The molecule has 0 bridgehead atoms. The van der Waals surface area contributed by atoms with Crippen LogP contribution in [-0.4, -0.2) is 21.7 Å². The Balaban J connectivity index is 3.18. The standard InChI is InChI=1S/C8H10N2O4/c9-7-3-5(10(13)14)4-8(12)6(7)1-2-11/h3-4,11-12H,1-2,9H2. The Labute approximate surface area is 79.7 Å². The summed E-state index contributed by atoms with van der Waals surface area (Å²) in [5, 5.41) is 28.4. The normalized spacial score (nSPS) is 10.1. The fraction of sp³-hybridized carbons (Fsp3) is 0.250. The molecule has 1 aromatic rings. The van der Waals surface area contributed by atoms with Gasteiger partial charge in [-0.1, -0.05) is 0 Å². The summed E-state index contributed by atoms with van der Waals surface area (Å²) in [7, 11) is 0. The highest BCUT2D eigenvalue weighted by atomic mass is 16.6. The molecule has 0 aromatic heterocycles. The van der Waals surface area contributed by atoms with Crippen molar-refractivity contribution < 1.29 is 15.1 Å². The number of nitrogen functional groups attached to an aromatic ring is 1. The third-order valence-corrected chi connectivity index (χ3v) is 1.82. The number of aliphatic hydroxyl groups is 1. The van der Waals surface area contributed by atoms with Gasteiger partial charge < -0.3 is 15.9 Å². The van der Waals surface area contributed by atoms with Gasteiger partial charge in [0, 0.05) is 30.3 Å². The second kappa shape index (κ2) is 3.93. The monoisotopic (exact) mass is 198 g/mol. The summed E-state index contributed by atoms with van der Waals surface area (Å²) >= 11 is 0. The molecular formula is C8H10N2O4. The fourth-order valence-electron chi connectivity index (χ4n) is 1.15. The van der Waals surface area contributed by atoms with Crippen LogP contribution in [0.4, 0.5) is 11.4 Å². The number of nitro benzene ring substituents is 1. The minimum absolute atomic E-state index is 0.116. The van der Waals surface area contributed by atoms with Crippen LogP contribution in [0.25, 0.3) is 0 Å². The molecule has 0 radical (unpaired) electrons. The Morgan fingerprint density at radius 2 is 2.14 bits per heavy atom. The van der Waals surface area contributed by atoms with Gasteiger partial charge in [0.25, 0.3) is 5.69 Å². The number of anilines is 1. The Morgan fingerprint density at radius 3 is 2.57 bits per heavy atom. The molecule has 0 atom stereocenters. The molecule has 0 aliphatic carbocycles. The summed E-state index contributed by atoms with van der Waals surface area (Å²) in [5.41, 5.74) is 5.66. The fourth-order valence-corrected chi connectivity index (χ4v) is 1.15. The minimum Gasteiger partial charge on any atom is -0.507 e. The van der Waals surface area contributed by atoms with Crippen LogP contribution in [0.15, 0.2) is 12.1 Å². The second-order valence-electron chi connectivity index (χ2n) is 2.76. The molecule has 1 aromatic carbocycles. The lowest BCUT2D eigenvalue weighted by atomic mass is 10.1. The quantitative estimate of drug-likeness (QED) is 0.370. The van der Waals surface area contributed by atoms with Crippen molar-refractivity contribution in [2.75, 3.05) is 12.3 Å². The number of hydrogen-bond donors (Lipinski definition) is 3. The number of aliphatic hydroxyl groups excluding tert-OH is 1. The Hall–Kier alpha value is -1.82. The van der Waals surface area contributed by atoms with Crippen molar-refractivity contribution in [3.05, 3.63) is 27.8 Å². The largest absolute Gasteiger partial charge is 0.507 e. The first-order valence-electron chi connectivity index (χ1n) is 3.93. The van der Waals surface area contributed by atoms with E-state index in [0.717, 1.165) is 12.1 Å². The van der Waals surface area contributed by atoms with E-state index < -0.39 is 4.92 Å². The van der Waals surface area contributed by atoms with Gasteiger partial charge in [-0.25, -0.2) is 0 Å². The van der Waals surface area contributed by atoms with Gasteiger partial charge in [0.1, 0.15) is 5.75 Å². The second-order valence-corrected chi connectivity index (χ2v) is 2.76. The molecule has 0 aliphatic heterocycles. The molecule has 0 unspecified atom stereocenters. The van der Waals surface area contributed by atoms with Crippen LogP contribution in [0, 0.1) is 10.1 Å². The average molecular weight is 198 g/mol. The molecule has 0 spiro atoms. The molecule has 0 amide bonds. The highest BCUT2D eigenvalue weighted by Gasteiger charge is 2.13. The van der Waals surface area contributed by atoms with E-state index in [4.69, 9.17) is 10.8 Å². The van der Waals surface area contributed by atoms with Crippen molar-refractivity contribution in [1.29, 1.82) is 0 Å². The Bertz CT molecular complexity index is 341. The van der Waals surface area contributed by atoms with E-state index in [1.54, 1.807) is 0 Å². The number of phenols is 1. The van der Waals surface area contributed by atoms with Crippen LogP contribution in [0.5, 0.6) is 5.75 Å². The summed E-state index contributed by atoms with van der Waals surface area (Å²) in [5.74, 6) is -0.259. The number of hydrogen-bond acceptors (Lipinski definition) is 5. The Morgan fingerprint density at radius 1 is 1.50 bits per heavy atom. The van der Waals surface area contributed by atoms with Gasteiger partial charge in [0.15, 0.2) is 0 Å². The SMILES string of the molecule is Nc1cc([N+](=O)[O-])cc(O)c1CCO. The van der Waals surface area contributed by atoms with Crippen LogP contribution in [0.3, 0.4) is 0 Å². The summed E-state index contributed by atoms with van der Waals surface area (Å²) < 4.78 is 0. The maximum atomic E-state index is 10.4. The molecule has 0 fully saturated rings. The average Bonchev–Trinajstić information content (AvgIpc) is 2.10. The van der Waals surface area contributed by atoms with E-state index in [1.807, 2.05) is 0 Å². The summed E-state index contributed by atoms with van der Waals surface area (Å²) in [6.07, 6.45) is 0.176. The zero-order valence-electron chi connectivity index (χ0n) is 7.30. The van der Waals surface area contributed by atoms with E-state index in [0.29, 0.717) is 5.56 Å². The van der Waals surface area contributed by atoms with Crippen LogP contribution < -0.4 is 5.73 Å². The molecule has 0 saturated heterocycles. The predicted octanol–water partition coefficient (Wildman–Crippen LogP) is 0.417.